The summed E-state index contributed by atoms with van der Waals surface area (Å²) in [6.07, 6.45) is 0.279. The van der Waals surface area contributed by atoms with Crippen LogP contribution in [0.5, 0.6) is 5.75 Å². The summed E-state index contributed by atoms with van der Waals surface area (Å²) >= 11 is 0. The first-order valence-corrected chi connectivity index (χ1v) is 14.2. The normalized spacial score (nSPS) is 13.1. The maximum absolute atomic E-state index is 12.2. The molecule has 0 aromatic heterocycles. The number of ether oxygens (including phenoxy) is 1. The molecule has 0 spiro atoms. The monoisotopic (exact) mass is 489 g/mol. The number of carbonyl (C=O) groups excluding carboxylic acids is 1. The van der Waals surface area contributed by atoms with Crippen molar-refractivity contribution in [1.82, 2.24) is 5.32 Å². The summed E-state index contributed by atoms with van der Waals surface area (Å²) in [4.78, 5) is 12.2. The molecule has 0 radical (unpaired) electrons. The number of alkyl carbamates (subject to hydrolysis) is 1. The summed E-state index contributed by atoms with van der Waals surface area (Å²) in [6, 6.07) is 29.4. The SMILES string of the molecule is C[C@H](Cc1cccc(O[Si](c2ccccc2)(c2ccccc2)C(C)(C)C)c1)NC(=O)OC(C)(C)C. The molecule has 35 heavy (non-hydrogen) atoms. The minimum absolute atomic E-state index is 0.0760. The summed E-state index contributed by atoms with van der Waals surface area (Å²) in [5.74, 6) is 0.848. The van der Waals surface area contributed by atoms with Crippen molar-refractivity contribution in [3.8, 4) is 5.75 Å². The fourth-order valence-electron chi connectivity index (χ4n) is 4.48. The van der Waals surface area contributed by atoms with Crippen LogP contribution in [-0.2, 0) is 11.2 Å². The van der Waals surface area contributed by atoms with Gasteiger partial charge in [-0.25, -0.2) is 4.79 Å². The zero-order valence-corrected chi connectivity index (χ0v) is 23.1. The average molecular weight is 490 g/mol. The van der Waals surface area contributed by atoms with Crippen LogP contribution in [0.3, 0.4) is 0 Å². The average Bonchev–Trinajstić information content (AvgIpc) is 2.76. The van der Waals surface area contributed by atoms with Crippen molar-refractivity contribution in [1.29, 1.82) is 0 Å². The number of rotatable bonds is 7. The highest BCUT2D eigenvalue weighted by atomic mass is 28.4. The van der Waals surface area contributed by atoms with Crippen molar-refractivity contribution in [2.75, 3.05) is 0 Å². The van der Waals surface area contributed by atoms with E-state index in [9.17, 15) is 4.79 Å². The maximum atomic E-state index is 12.2. The number of hydrogen-bond acceptors (Lipinski definition) is 3. The van der Waals surface area contributed by atoms with E-state index in [0.29, 0.717) is 6.42 Å². The van der Waals surface area contributed by atoms with E-state index in [2.05, 4.69) is 98.9 Å². The Balaban J connectivity index is 1.92. The van der Waals surface area contributed by atoms with Crippen LogP contribution in [0.15, 0.2) is 84.9 Å². The van der Waals surface area contributed by atoms with Gasteiger partial charge in [0.2, 0.25) is 0 Å². The Morgan fingerprint density at radius 1 is 0.829 bits per heavy atom. The van der Waals surface area contributed by atoms with Crippen LogP contribution < -0.4 is 20.1 Å². The first kappa shape index (κ1) is 26.5. The smallest absolute Gasteiger partial charge is 0.407 e. The first-order valence-electron chi connectivity index (χ1n) is 12.3. The third-order valence-corrected chi connectivity index (χ3v) is 10.8. The zero-order valence-electron chi connectivity index (χ0n) is 22.1. The van der Waals surface area contributed by atoms with E-state index in [1.54, 1.807) is 0 Å². The molecule has 0 aliphatic rings. The van der Waals surface area contributed by atoms with Crippen molar-refractivity contribution < 1.29 is 14.0 Å². The van der Waals surface area contributed by atoms with Crippen LogP contribution in [0.25, 0.3) is 0 Å². The van der Waals surface area contributed by atoms with Crippen molar-refractivity contribution in [2.45, 2.75) is 71.6 Å². The van der Waals surface area contributed by atoms with Gasteiger partial charge in [0.25, 0.3) is 0 Å². The number of carbonyl (C=O) groups is 1. The van der Waals surface area contributed by atoms with Crippen LogP contribution in [0.1, 0.15) is 54.0 Å². The molecule has 0 unspecified atom stereocenters. The molecule has 1 atom stereocenters. The van der Waals surface area contributed by atoms with Gasteiger partial charge in [0.05, 0.1) is 0 Å². The molecule has 0 aliphatic carbocycles. The van der Waals surface area contributed by atoms with Crippen molar-refractivity contribution in [3.63, 3.8) is 0 Å². The van der Waals surface area contributed by atoms with Gasteiger partial charge in [-0.2, -0.15) is 0 Å². The Hall–Kier alpha value is -3.05. The predicted octanol–water partition coefficient (Wildman–Crippen LogP) is 6.08. The lowest BCUT2D eigenvalue weighted by molar-refractivity contribution is 0.0508. The molecule has 1 N–H and O–H groups in total. The van der Waals surface area contributed by atoms with Crippen molar-refractivity contribution in [2.24, 2.45) is 0 Å². The van der Waals surface area contributed by atoms with Gasteiger partial charge < -0.3 is 14.5 Å². The van der Waals surface area contributed by atoms with Gasteiger partial charge in [-0.15, -0.1) is 0 Å². The van der Waals surface area contributed by atoms with Crippen LogP contribution in [-0.4, -0.2) is 26.1 Å². The minimum Gasteiger partial charge on any atom is -0.534 e. The fraction of sp³-hybridized carbons (Fsp3) is 0.367. The quantitative estimate of drug-likeness (QED) is 0.409. The zero-order chi connectivity index (χ0) is 25.7. The van der Waals surface area contributed by atoms with Crippen LogP contribution >= 0.6 is 0 Å². The van der Waals surface area contributed by atoms with Gasteiger partial charge in [0, 0.05) is 6.04 Å². The largest absolute Gasteiger partial charge is 0.534 e. The summed E-state index contributed by atoms with van der Waals surface area (Å²) in [7, 11) is -2.70. The lowest BCUT2D eigenvalue weighted by Crippen LogP contribution is -2.68. The molecule has 0 aliphatic heterocycles. The van der Waals surface area contributed by atoms with E-state index < -0.39 is 20.0 Å². The van der Waals surface area contributed by atoms with E-state index >= 15 is 0 Å². The Morgan fingerprint density at radius 2 is 1.37 bits per heavy atom. The first-order chi connectivity index (χ1) is 16.4. The molecular weight excluding hydrogens is 450 g/mol. The molecule has 3 rings (SSSR count). The molecule has 0 fully saturated rings. The fourth-order valence-corrected chi connectivity index (χ4v) is 8.89. The molecule has 3 aromatic rings. The van der Waals surface area contributed by atoms with Crippen LogP contribution in [0.4, 0.5) is 4.79 Å². The Kier molecular flexibility index (Phi) is 8.11. The molecule has 1 amide bonds. The van der Waals surface area contributed by atoms with Gasteiger partial charge >= 0.3 is 14.4 Å². The topological polar surface area (TPSA) is 47.6 Å². The summed E-state index contributed by atoms with van der Waals surface area (Å²) in [5, 5.41) is 5.30. The Morgan fingerprint density at radius 3 is 1.86 bits per heavy atom. The van der Waals surface area contributed by atoms with Crippen LogP contribution in [0.2, 0.25) is 5.04 Å². The van der Waals surface area contributed by atoms with Crippen molar-refractivity contribution in [3.05, 3.63) is 90.5 Å². The van der Waals surface area contributed by atoms with Gasteiger partial charge in [-0.1, -0.05) is 93.6 Å². The molecule has 0 bridgehead atoms. The molecule has 186 valence electrons. The second-order valence-corrected chi connectivity index (χ2v) is 15.4. The lowest BCUT2D eigenvalue weighted by Gasteiger charge is -2.43. The minimum atomic E-state index is -2.70. The van der Waals surface area contributed by atoms with Gasteiger partial charge in [-0.05, 0) is 67.2 Å². The third kappa shape index (κ3) is 6.76. The maximum Gasteiger partial charge on any atom is 0.407 e. The molecule has 0 heterocycles. The molecule has 0 saturated heterocycles. The third-order valence-electron chi connectivity index (χ3n) is 5.89. The van der Waals surface area contributed by atoms with E-state index in [1.165, 1.54) is 10.4 Å². The number of benzene rings is 3. The van der Waals surface area contributed by atoms with Gasteiger partial charge in [0.15, 0.2) is 0 Å². The molecule has 0 saturated carbocycles. The summed E-state index contributed by atoms with van der Waals surface area (Å²) in [6.45, 7) is 14.4. The van der Waals surface area contributed by atoms with E-state index in [-0.39, 0.29) is 11.1 Å². The number of amides is 1. The second kappa shape index (κ2) is 10.7. The highest BCUT2D eigenvalue weighted by Gasteiger charge is 2.52. The summed E-state index contributed by atoms with van der Waals surface area (Å²) in [5.41, 5.74) is 0.580. The predicted molar refractivity (Wildman–Crippen MR) is 147 cm³/mol. The second-order valence-electron chi connectivity index (χ2n) is 11.2. The Bertz CT molecular complexity index is 1060. The molecule has 3 aromatic carbocycles. The number of nitrogens with one attached hydrogen (secondary N) is 1. The van der Waals surface area contributed by atoms with Gasteiger partial charge in [-0.3, -0.25) is 0 Å². The van der Waals surface area contributed by atoms with Crippen molar-refractivity contribution >= 4 is 24.8 Å². The molecular formula is C30H39NO3Si. The standard InChI is InChI=1S/C30H39NO3Si/c1-23(31-28(32)33-29(2,3)4)21-24-15-14-16-25(22-24)34-35(30(5,6)7,26-17-10-8-11-18-26)27-19-12-9-13-20-27/h8-20,22-23H,21H2,1-7H3,(H,31,32)/t23-/m1/s1. The van der Waals surface area contributed by atoms with E-state index in [1.807, 2.05) is 39.8 Å². The molecule has 5 heteroatoms. The van der Waals surface area contributed by atoms with Crippen LogP contribution in [0, 0.1) is 0 Å². The van der Waals surface area contributed by atoms with Gasteiger partial charge in [0.1, 0.15) is 11.4 Å². The molecule has 4 nitrogen and oxygen atoms in total. The Labute approximate surface area is 211 Å². The van der Waals surface area contributed by atoms with E-state index in [4.69, 9.17) is 9.16 Å². The van der Waals surface area contributed by atoms with E-state index in [0.717, 1.165) is 11.3 Å². The highest BCUT2D eigenvalue weighted by molar-refractivity contribution is 7.00. The lowest BCUT2D eigenvalue weighted by atomic mass is 10.1. The highest BCUT2D eigenvalue weighted by Crippen LogP contribution is 2.37. The summed E-state index contributed by atoms with van der Waals surface area (Å²) < 4.78 is 12.5. The number of hydrogen-bond donors (Lipinski definition) is 1.